The quantitative estimate of drug-likeness (QED) is 0.753. The molecule has 1 N–H and O–H groups in total. The van der Waals surface area contributed by atoms with E-state index in [9.17, 15) is 9.90 Å². The molecule has 1 fully saturated rings. The first-order valence-corrected chi connectivity index (χ1v) is 5.76. The molecule has 74 valence electrons. The van der Waals surface area contributed by atoms with Crippen LogP contribution in [-0.2, 0) is 5.60 Å². The maximum Gasteiger partial charge on any atom is 0.150 e. The standard InChI is InChI=1S/C11H12O2S/c12-7-9-3-1-2-4-10(9)11(13)5-6-14-8-11/h1-4,7,13H,5-6,8H2. The number of carbonyl (C=O) groups is 1. The monoisotopic (exact) mass is 208 g/mol. The van der Waals surface area contributed by atoms with Gasteiger partial charge in [0.25, 0.3) is 0 Å². The minimum atomic E-state index is -0.790. The zero-order valence-electron chi connectivity index (χ0n) is 7.77. The summed E-state index contributed by atoms with van der Waals surface area (Å²) in [4.78, 5) is 10.8. The summed E-state index contributed by atoms with van der Waals surface area (Å²) in [6.45, 7) is 0. The van der Waals surface area contributed by atoms with Crippen LogP contribution < -0.4 is 0 Å². The summed E-state index contributed by atoms with van der Waals surface area (Å²) in [7, 11) is 0. The highest BCUT2D eigenvalue weighted by atomic mass is 32.2. The minimum absolute atomic E-state index is 0.609. The number of benzene rings is 1. The van der Waals surface area contributed by atoms with E-state index < -0.39 is 5.60 Å². The van der Waals surface area contributed by atoms with Crippen LogP contribution in [0.4, 0.5) is 0 Å². The van der Waals surface area contributed by atoms with Crippen molar-refractivity contribution < 1.29 is 9.90 Å². The average molecular weight is 208 g/mol. The highest BCUT2D eigenvalue weighted by molar-refractivity contribution is 7.99. The number of thioether (sulfide) groups is 1. The zero-order valence-corrected chi connectivity index (χ0v) is 8.59. The SMILES string of the molecule is O=Cc1ccccc1C1(O)CCSC1. The van der Waals surface area contributed by atoms with E-state index in [1.54, 1.807) is 17.8 Å². The highest BCUT2D eigenvalue weighted by Gasteiger charge is 2.35. The van der Waals surface area contributed by atoms with Gasteiger partial charge < -0.3 is 5.11 Å². The van der Waals surface area contributed by atoms with Crippen molar-refractivity contribution in [2.45, 2.75) is 12.0 Å². The second-order valence-electron chi connectivity index (χ2n) is 3.54. The molecule has 1 unspecified atom stereocenters. The molecule has 0 aromatic heterocycles. The number of hydrogen-bond acceptors (Lipinski definition) is 3. The Hall–Kier alpha value is -0.800. The van der Waals surface area contributed by atoms with Crippen LogP contribution in [0.1, 0.15) is 22.3 Å². The van der Waals surface area contributed by atoms with Crippen LogP contribution >= 0.6 is 11.8 Å². The minimum Gasteiger partial charge on any atom is -0.384 e. The van der Waals surface area contributed by atoms with Gasteiger partial charge in [-0.2, -0.15) is 11.8 Å². The molecule has 0 bridgehead atoms. The van der Waals surface area contributed by atoms with Gasteiger partial charge in [0.1, 0.15) is 11.9 Å². The molecule has 1 atom stereocenters. The highest BCUT2D eigenvalue weighted by Crippen LogP contribution is 2.37. The Bertz CT molecular complexity index is 343. The van der Waals surface area contributed by atoms with Crippen molar-refractivity contribution >= 4 is 18.0 Å². The lowest BCUT2D eigenvalue weighted by atomic mass is 9.90. The van der Waals surface area contributed by atoms with Gasteiger partial charge in [-0.3, -0.25) is 4.79 Å². The molecule has 2 nitrogen and oxygen atoms in total. The van der Waals surface area contributed by atoms with Gasteiger partial charge in [0.05, 0.1) is 0 Å². The first-order chi connectivity index (χ1) is 6.76. The fourth-order valence-corrected chi connectivity index (χ4v) is 3.05. The molecule has 1 saturated heterocycles. The summed E-state index contributed by atoms with van der Waals surface area (Å²) in [5.74, 6) is 1.65. The van der Waals surface area contributed by atoms with E-state index in [2.05, 4.69) is 0 Å². The molecule has 14 heavy (non-hydrogen) atoms. The Morgan fingerprint density at radius 2 is 2.21 bits per heavy atom. The molecule has 1 aromatic carbocycles. The molecule has 1 aliphatic rings. The van der Waals surface area contributed by atoms with Gasteiger partial charge in [0.2, 0.25) is 0 Å². The number of aldehydes is 1. The second kappa shape index (κ2) is 3.75. The van der Waals surface area contributed by atoms with Gasteiger partial charge in [-0.1, -0.05) is 24.3 Å². The Morgan fingerprint density at radius 3 is 2.86 bits per heavy atom. The van der Waals surface area contributed by atoms with Crippen LogP contribution in [0.3, 0.4) is 0 Å². The summed E-state index contributed by atoms with van der Waals surface area (Å²) < 4.78 is 0. The summed E-state index contributed by atoms with van der Waals surface area (Å²) in [5.41, 5.74) is 0.597. The smallest absolute Gasteiger partial charge is 0.150 e. The summed E-state index contributed by atoms with van der Waals surface area (Å²) >= 11 is 1.73. The lowest BCUT2D eigenvalue weighted by Gasteiger charge is -2.23. The van der Waals surface area contributed by atoms with Gasteiger partial charge >= 0.3 is 0 Å². The summed E-state index contributed by atoms with van der Waals surface area (Å²) in [6, 6.07) is 7.28. The number of rotatable bonds is 2. The third-order valence-corrected chi connectivity index (χ3v) is 3.76. The van der Waals surface area contributed by atoms with Gasteiger partial charge in [-0.05, 0) is 17.7 Å². The maximum atomic E-state index is 10.8. The molecular formula is C11H12O2S. The van der Waals surface area contributed by atoms with Crippen molar-refractivity contribution in [3.05, 3.63) is 35.4 Å². The largest absolute Gasteiger partial charge is 0.384 e. The molecule has 1 aromatic rings. The van der Waals surface area contributed by atoms with E-state index in [1.807, 2.05) is 18.2 Å². The molecule has 2 rings (SSSR count). The third-order valence-electron chi connectivity index (χ3n) is 2.59. The molecule has 1 aliphatic heterocycles. The van der Waals surface area contributed by atoms with Gasteiger partial charge in [0.15, 0.2) is 0 Å². The third kappa shape index (κ3) is 1.57. The predicted molar refractivity (Wildman–Crippen MR) is 57.7 cm³/mol. The molecule has 0 radical (unpaired) electrons. The Morgan fingerprint density at radius 1 is 1.43 bits per heavy atom. The van der Waals surface area contributed by atoms with Crippen molar-refractivity contribution in [2.24, 2.45) is 0 Å². The van der Waals surface area contributed by atoms with E-state index >= 15 is 0 Å². The number of aliphatic hydroxyl groups is 1. The fraction of sp³-hybridized carbons (Fsp3) is 0.364. The molecule has 0 aliphatic carbocycles. The van der Waals surface area contributed by atoms with E-state index in [4.69, 9.17) is 0 Å². The van der Waals surface area contributed by atoms with Crippen LogP contribution in [0.5, 0.6) is 0 Å². The topological polar surface area (TPSA) is 37.3 Å². The van der Waals surface area contributed by atoms with Crippen molar-refractivity contribution in [2.75, 3.05) is 11.5 Å². The van der Waals surface area contributed by atoms with Gasteiger partial charge in [0, 0.05) is 11.3 Å². The normalized spacial score (nSPS) is 26.4. The van der Waals surface area contributed by atoms with E-state index in [-0.39, 0.29) is 0 Å². The van der Waals surface area contributed by atoms with Crippen molar-refractivity contribution in [3.8, 4) is 0 Å². The van der Waals surface area contributed by atoms with Gasteiger partial charge in [-0.25, -0.2) is 0 Å². The summed E-state index contributed by atoms with van der Waals surface area (Å²) in [6.07, 6.45) is 1.55. The lowest BCUT2D eigenvalue weighted by molar-refractivity contribution is 0.0645. The Labute approximate surface area is 87.3 Å². The first kappa shape index (κ1) is 9.74. The predicted octanol–water partition coefficient (Wildman–Crippen LogP) is 1.82. The van der Waals surface area contributed by atoms with E-state index in [0.717, 1.165) is 24.0 Å². The fourth-order valence-electron chi connectivity index (χ4n) is 1.79. The zero-order chi connectivity index (χ0) is 10.0. The first-order valence-electron chi connectivity index (χ1n) is 4.61. The number of hydrogen-bond donors (Lipinski definition) is 1. The van der Waals surface area contributed by atoms with Crippen molar-refractivity contribution in [1.82, 2.24) is 0 Å². The van der Waals surface area contributed by atoms with E-state index in [1.165, 1.54) is 0 Å². The number of carbonyl (C=O) groups excluding carboxylic acids is 1. The average Bonchev–Trinajstić information content (AvgIpc) is 2.66. The summed E-state index contributed by atoms with van der Waals surface area (Å²) in [5, 5.41) is 10.3. The lowest BCUT2D eigenvalue weighted by Crippen LogP contribution is -2.26. The molecule has 3 heteroatoms. The second-order valence-corrected chi connectivity index (χ2v) is 4.64. The Balaban J connectivity index is 2.43. The Kier molecular flexibility index (Phi) is 2.61. The van der Waals surface area contributed by atoms with Crippen molar-refractivity contribution in [3.63, 3.8) is 0 Å². The molecular weight excluding hydrogens is 196 g/mol. The van der Waals surface area contributed by atoms with Gasteiger partial charge in [-0.15, -0.1) is 0 Å². The van der Waals surface area contributed by atoms with Crippen LogP contribution in [0, 0.1) is 0 Å². The van der Waals surface area contributed by atoms with Crippen molar-refractivity contribution in [1.29, 1.82) is 0 Å². The van der Waals surface area contributed by atoms with Crippen LogP contribution in [0.2, 0.25) is 0 Å². The van der Waals surface area contributed by atoms with Crippen LogP contribution in [-0.4, -0.2) is 22.9 Å². The van der Waals surface area contributed by atoms with Crippen LogP contribution in [0.25, 0.3) is 0 Å². The molecule has 0 saturated carbocycles. The van der Waals surface area contributed by atoms with Crippen LogP contribution in [0.15, 0.2) is 24.3 Å². The molecule has 0 spiro atoms. The van der Waals surface area contributed by atoms with E-state index in [0.29, 0.717) is 11.3 Å². The maximum absolute atomic E-state index is 10.8. The molecule has 0 amide bonds. The molecule has 1 heterocycles.